The number of aromatic nitrogens is 1. The van der Waals surface area contributed by atoms with Crippen molar-refractivity contribution in [2.24, 2.45) is 5.84 Å². The van der Waals surface area contributed by atoms with E-state index in [0.29, 0.717) is 11.5 Å². The average molecular weight is 270 g/mol. The first-order valence-corrected chi connectivity index (χ1v) is 6.95. The molecule has 0 bridgehead atoms. The molecule has 1 amide bonds. The number of nitrogens with zero attached hydrogens (tertiary/aromatic N) is 1. The molecule has 0 atom stereocenters. The van der Waals surface area contributed by atoms with E-state index in [2.05, 4.69) is 15.7 Å². The largest absolute Gasteiger partial charge is 0.348 e. The second kappa shape index (κ2) is 5.46. The molecule has 1 heterocycles. The van der Waals surface area contributed by atoms with E-state index in [9.17, 15) is 4.79 Å². The van der Waals surface area contributed by atoms with E-state index in [1.165, 1.54) is 12.8 Å². The number of pyridine rings is 1. The second-order valence-electron chi connectivity index (χ2n) is 5.18. The Kier molecular flexibility index (Phi) is 3.52. The molecule has 104 valence electrons. The summed E-state index contributed by atoms with van der Waals surface area (Å²) >= 11 is 0. The van der Waals surface area contributed by atoms with Crippen LogP contribution in [0.1, 0.15) is 36.2 Å². The zero-order valence-electron chi connectivity index (χ0n) is 11.2. The summed E-state index contributed by atoms with van der Waals surface area (Å²) in [5.41, 5.74) is 2.97. The van der Waals surface area contributed by atoms with Crippen molar-refractivity contribution < 1.29 is 4.79 Å². The molecule has 1 saturated carbocycles. The van der Waals surface area contributed by atoms with Gasteiger partial charge >= 0.3 is 0 Å². The van der Waals surface area contributed by atoms with Crippen LogP contribution in [0.25, 0.3) is 10.8 Å². The number of hydrazine groups is 1. The second-order valence-corrected chi connectivity index (χ2v) is 5.18. The summed E-state index contributed by atoms with van der Waals surface area (Å²) in [6.07, 6.45) is 4.49. The van der Waals surface area contributed by atoms with Crippen LogP contribution in [0.2, 0.25) is 0 Å². The number of fused-ring (bicyclic) bond motifs is 1. The maximum Gasteiger partial charge on any atom is 0.270 e. The Hall–Kier alpha value is -2.14. The highest BCUT2D eigenvalue weighted by Crippen LogP contribution is 2.22. The van der Waals surface area contributed by atoms with Crippen LogP contribution in [0.15, 0.2) is 30.3 Å². The minimum Gasteiger partial charge on any atom is -0.348 e. The van der Waals surface area contributed by atoms with Crippen LogP contribution < -0.4 is 16.6 Å². The predicted molar refractivity (Wildman–Crippen MR) is 79.3 cm³/mol. The van der Waals surface area contributed by atoms with Crippen LogP contribution >= 0.6 is 0 Å². The van der Waals surface area contributed by atoms with Crippen LogP contribution in [-0.2, 0) is 0 Å². The minimum atomic E-state index is -0.126. The molecule has 1 aromatic heterocycles. The lowest BCUT2D eigenvalue weighted by Crippen LogP contribution is -2.33. The normalized spacial score (nSPS) is 15.4. The van der Waals surface area contributed by atoms with Crippen LogP contribution in [0.5, 0.6) is 0 Å². The van der Waals surface area contributed by atoms with Crippen LogP contribution in [0.4, 0.5) is 5.82 Å². The third kappa shape index (κ3) is 2.44. The minimum absolute atomic E-state index is 0.126. The Labute approximate surface area is 117 Å². The van der Waals surface area contributed by atoms with E-state index in [1.807, 2.05) is 24.3 Å². The fourth-order valence-corrected chi connectivity index (χ4v) is 2.75. The lowest BCUT2D eigenvalue weighted by Gasteiger charge is -2.13. The molecule has 5 heteroatoms. The van der Waals surface area contributed by atoms with Crippen molar-refractivity contribution >= 4 is 22.5 Å². The van der Waals surface area contributed by atoms with Gasteiger partial charge in [0.1, 0.15) is 11.5 Å². The molecule has 4 N–H and O–H groups in total. The van der Waals surface area contributed by atoms with Gasteiger partial charge in [-0.3, -0.25) is 4.79 Å². The van der Waals surface area contributed by atoms with Gasteiger partial charge in [0.05, 0.1) is 0 Å². The number of benzene rings is 1. The Morgan fingerprint density at radius 3 is 2.75 bits per heavy atom. The number of nitrogens with one attached hydrogen (secondary N) is 2. The molecule has 1 aliphatic carbocycles. The summed E-state index contributed by atoms with van der Waals surface area (Å²) in [5, 5.41) is 4.90. The van der Waals surface area contributed by atoms with E-state index in [-0.39, 0.29) is 11.9 Å². The monoisotopic (exact) mass is 270 g/mol. The number of amides is 1. The zero-order valence-corrected chi connectivity index (χ0v) is 11.2. The number of rotatable bonds is 3. The number of hydrogen-bond acceptors (Lipinski definition) is 4. The van der Waals surface area contributed by atoms with Gasteiger partial charge < -0.3 is 10.7 Å². The summed E-state index contributed by atoms with van der Waals surface area (Å²) in [5.74, 6) is 5.91. The van der Waals surface area contributed by atoms with E-state index >= 15 is 0 Å². The number of carbonyl (C=O) groups excluding carboxylic acids is 1. The SMILES string of the molecule is NNc1nc(C(=O)NC2CCCC2)cc2ccccc12. The summed E-state index contributed by atoms with van der Waals surface area (Å²) < 4.78 is 0. The topological polar surface area (TPSA) is 80.0 Å². The molecule has 20 heavy (non-hydrogen) atoms. The van der Waals surface area contributed by atoms with Crippen molar-refractivity contribution in [1.82, 2.24) is 10.3 Å². The van der Waals surface area contributed by atoms with Crippen molar-refractivity contribution in [3.05, 3.63) is 36.0 Å². The quantitative estimate of drug-likeness (QED) is 0.590. The van der Waals surface area contributed by atoms with E-state index in [1.54, 1.807) is 6.07 Å². The molecular formula is C15H18N4O. The molecule has 5 nitrogen and oxygen atoms in total. The molecule has 0 unspecified atom stereocenters. The van der Waals surface area contributed by atoms with Crippen molar-refractivity contribution in [2.75, 3.05) is 5.43 Å². The van der Waals surface area contributed by atoms with Crippen LogP contribution in [0.3, 0.4) is 0 Å². The Balaban J connectivity index is 1.92. The van der Waals surface area contributed by atoms with Crippen molar-refractivity contribution in [3.63, 3.8) is 0 Å². The Bertz CT molecular complexity index is 635. The fraction of sp³-hybridized carbons (Fsp3) is 0.333. The highest BCUT2D eigenvalue weighted by Gasteiger charge is 2.19. The van der Waals surface area contributed by atoms with Crippen molar-refractivity contribution in [1.29, 1.82) is 0 Å². The van der Waals surface area contributed by atoms with E-state index in [4.69, 9.17) is 5.84 Å². The first-order chi connectivity index (χ1) is 9.78. The number of nitrogens with two attached hydrogens (primary N) is 1. The van der Waals surface area contributed by atoms with Gasteiger partial charge in [-0.15, -0.1) is 0 Å². The molecule has 0 saturated heterocycles. The smallest absolute Gasteiger partial charge is 0.270 e. The average Bonchev–Trinajstić information content (AvgIpc) is 2.99. The Morgan fingerprint density at radius 2 is 2.00 bits per heavy atom. The first kappa shape index (κ1) is 12.9. The van der Waals surface area contributed by atoms with Crippen molar-refractivity contribution in [2.45, 2.75) is 31.7 Å². The summed E-state index contributed by atoms with van der Waals surface area (Å²) in [6.45, 7) is 0. The van der Waals surface area contributed by atoms with Gasteiger partial charge in [0.25, 0.3) is 5.91 Å². The molecular weight excluding hydrogens is 252 g/mol. The van der Waals surface area contributed by atoms with Crippen molar-refractivity contribution in [3.8, 4) is 0 Å². The molecule has 0 spiro atoms. The van der Waals surface area contributed by atoms with Gasteiger partial charge in [0.2, 0.25) is 0 Å². The van der Waals surface area contributed by atoms with Gasteiger partial charge in [-0.25, -0.2) is 10.8 Å². The number of hydrogen-bond donors (Lipinski definition) is 3. The zero-order chi connectivity index (χ0) is 13.9. The number of nitrogen functional groups attached to an aromatic ring is 1. The maximum absolute atomic E-state index is 12.3. The van der Waals surface area contributed by atoms with Crippen LogP contribution in [0, 0.1) is 0 Å². The number of anilines is 1. The molecule has 1 fully saturated rings. The predicted octanol–water partition coefficient (Wildman–Crippen LogP) is 2.19. The van der Waals surface area contributed by atoms with E-state index in [0.717, 1.165) is 23.6 Å². The molecule has 1 aliphatic rings. The molecule has 0 radical (unpaired) electrons. The first-order valence-electron chi connectivity index (χ1n) is 6.95. The summed E-state index contributed by atoms with van der Waals surface area (Å²) in [6, 6.07) is 9.82. The third-order valence-corrected chi connectivity index (χ3v) is 3.80. The van der Waals surface area contributed by atoms with Gasteiger partial charge in [0, 0.05) is 11.4 Å². The summed E-state index contributed by atoms with van der Waals surface area (Å²) in [4.78, 5) is 16.6. The highest BCUT2D eigenvalue weighted by molar-refractivity contribution is 6.00. The standard InChI is InChI=1S/C15H18N4O/c16-19-14-12-8-4-1-5-10(12)9-13(18-14)15(20)17-11-6-2-3-7-11/h1,4-5,8-9,11H,2-3,6-7,16H2,(H,17,20)(H,18,19). The van der Waals surface area contributed by atoms with Gasteiger partial charge in [-0.2, -0.15) is 0 Å². The fourth-order valence-electron chi connectivity index (χ4n) is 2.75. The maximum atomic E-state index is 12.3. The third-order valence-electron chi connectivity index (χ3n) is 3.80. The lowest BCUT2D eigenvalue weighted by molar-refractivity contribution is 0.0933. The molecule has 0 aliphatic heterocycles. The molecule has 2 aromatic rings. The number of carbonyl (C=O) groups is 1. The Morgan fingerprint density at radius 1 is 1.25 bits per heavy atom. The van der Waals surface area contributed by atoms with Crippen LogP contribution in [-0.4, -0.2) is 16.9 Å². The molecule has 1 aromatic carbocycles. The van der Waals surface area contributed by atoms with Gasteiger partial charge in [-0.05, 0) is 24.3 Å². The highest BCUT2D eigenvalue weighted by atomic mass is 16.1. The van der Waals surface area contributed by atoms with E-state index < -0.39 is 0 Å². The summed E-state index contributed by atoms with van der Waals surface area (Å²) in [7, 11) is 0. The van der Waals surface area contributed by atoms with Gasteiger partial charge in [-0.1, -0.05) is 37.1 Å². The lowest BCUT2D eigenvalue weighted by atomic mass is 10.1. The molecule has 3 rings (SSSR count). The van der Waals surface area contributed by atoms with Gasteiger partial charge in [0.15, 0.2) is 0 Å².